The second-order valence-electron chi connectivity index (χ2n) is 5.73. The van der Waals surface area contributed by atoms with E-state index in [0.29, 0.717) is 26.2 Å². The predicted molar refractivity (Wildman–Crippen MR) is 93.2 cm³/mol. The SMILES string of the molecule is CC(C)S(=O)(=O)N1CCN(c2ccc(-c3cccs3)nn2)CC1. The van der Waals surface area contributed by atoms with Gasteiger partial charge in [0, 0.05) is 26.2 Å². The van der Waals surface area contributed by atoms with Crippen LogP contribution < -0.4 is 4.90 Å². The Bertz CT molecular complexity index is 734. The first-order valence-corrected chi connectivity index (χ1v) is 9.98. The molecule has 0 amide bonds. The molecule has 0 unspecified atom stereocenters. The molecule has 124 valence electrons. The highest BCUT2D eigenvalue weighted by Crippen LogP contribution is 2.23. The van der Waals surface area contributed by atoms with Gasteiger partial charge < -0.3 is 4.90 Å². The summed E-state index contributed by atoms with van der Waals surface area (Å²) in [5, 5.41) is 10.2. The number of aromatic nitrogens is 2. The van der Waals surface area contributed by atoms with E-state index >= 15 is 0 Å². The lowest BCUT2D eigenvalue weighted by Crippen LogP contribution is -2.50. The third kappa shape index (κ3) is 3.39. The Balaban J connectivity index is 1.66. The molecule has 0 atom stereocenters. The molecule has 0 N–H and O–H groups in total. The number of hydrogen-bond donors (Lipinski definition) is 0. The Morgan fingerprint density at radius 3 is 2.35 bits per heavy atom. The molecular weight excluding hydrogens is 332 g/mol. The summed E-state index contributed by atoms with van der Waals surface area (Å²) in [6, 6.07) is 7.92. The normalized spacial score (nSPS) is 16.9. The van der Waals surface area contributed by atoms with Gasteiger partial charge in [-0.25, -0.2) is 8.42 Å². The molecule has 2 aromatic heterocycles. The lowest BCUT2D eigenvalue weighted by atomic mass is 10.3. The summed E-state index contributed by atoms with van der Waals surface area (Å²) in [7, 11) is -3.17. The predicted octanol–water partition coefficient (Wildman–Crippen LogP) is 2.07. The van der Waals surface area contributed by atoms with Crippen LogP contribution in [0.5, 0.6) is 0 Å². The van der Waals surface area contributed by atoms with Crippen LogP contribution in [0.15, 0.2) is 29.6 Å². The van der Waals surface area contributed by atoms with Crippen molar-refractivity contribution in [2.24, 2.45) is 0 Å². The van der Waals surface area contributed by atoms with Gasteiger partial charge >= 0.3 is 0 Å². The molecule has 0 saturated carbocycles. The summed E-state index contributed by atoms with van der Waals surface area (Å²) in [6.45, 7) is 5.70. The van der Waals surface area contributed by atoms with Gasteiger partial charge in [-0.05, 0) is 37.4 Å². The summed E-state index contributed by atoms with van der Waals surface area (Å²) in [5.41, 5.74) is 0.866. The number of anilines is 1. The maximum absolute atomic E-state index is 12.2. The van der Waals surface area contributed by atoms with Gasteiger partial charge in [0.1, 0.15) is 5.69 Å². The van der Waals surface area contributed by atoms with E-state index in [1.54, 1.807) is 29.5 Å². The van der Waals surface area contributed by atoms with Gasteiger partial charge in [-0.3, -0.25) is 0 Å². The number of thiophene rings is 1. The molecule has 0 radical (unpaired) electrons. The smallest absolute Gasteiger partial charge is 0.216 e. The second-order valence-corrected chi connectivity index (χ2v) is 9.17. The molecule has 1 aliphatic rings. The highest BCUT2D eigenvalue weighted by Gasteiger charge is 2.29. The molecule has 0 bridgehead atoms. The summed E-state index contributed by atoms with van der Waals surface area (Å²) in [5.74, 6) is 0.798. The van der Waals surface area contributed by atoms with Crippen LogP contribution in [0, 0.1) is 0 Å². The molecule has 0 aliphatic carbocycles. The standard InChI is InChI=1S/C15H20N4O2S2/c1-12(2)23(20,21)19-9-7-18(8-10-19)15-6-5-13(16-17-15)14-4-3-11-22-14/h3-6,11-12H,7-10H2,1-2H3. The lowest BCUT2D eigenvalue weighted by Gasteiger charge is -2.35. The fraction of sp³-hybridized carbons (Fsp3) is 0.467. The summed E-state index contributed by atoms with van der Waals surface area (Å²) >= 11 is 1.63. The zero-order valence-electron chi connectivity index (χ0n) is 13.2. The molecule has 0 spiro atoms. The minimum absolute atomic E-state index is 0.376. The Kier molecular flexibility index (Phi) is 4.65. The quantitative estimate of drug-likeness (QED) is 0.843. The summed E-state index contributed by atoms with van der Waals surface area (Å²) < 4.78 is 25.9. The maximum Gasteiger partial charge on any atom is 0.216 e. The van der Waals surface area contributed by atoms with Gasteiger partial charge in [0.2, 0.25) is 10.0 Å². The van der Waals surface area contributed by atoms with Crippen molar-refractivity contribution < 1.29 is 8.42 Å². The Labute approximate surface area is 140 Å². The van der Waals surface area contributed by atoms with Crippen LogP contribution in [-0.4, -0.2) is 54.3 Å². The largest absolute Gasteiger partial charge is 0.352 e. The van der Waals surface area contributed by atoms with Gasteiger partial charge in [0.05, 0.1) is 10.1 Å². The van der Waals surface area contributed by atoms with E-state index in [2.05, 4.69) is 15.1 Å². The van der Waals surface area contributed by atoms with Crippen molar-refractivity contribution >= 4 is 27.2 Å². The molecule has 8 heteroatoms. The average Bonchev–Trinajstić information content (AvgIpc) is 3.09. The molecule has 2 aromatic rings. The number of piperazine rings is 1. The van der Waals surface area contributed by atoms with Gasteiger partial charge in [0.15, 0.2) is 5.82 Å². The van der Waals surface area contributed by atoms with Crippen molar-refractivity contribution in [2.75, 3.05) is 31.1 Å². The van der Waals surface area contributed by atoms with Crippen LogP contribution in [0.4, 0.5) is 5.82 Å². The van der Waals surface area contributed by atoms with Crippen molar-refractivity contribution in [3.63, 3.8) is 0 Å². The fourth-order valence-electron chi connectivity index (χ4n) is 2.52. The first-order chi connectivity index (χ1) is 11.0. The van der Waals surface area contributed by atoms with E-state index < -0.39 is 10.0 Å². The zero-order valence-corrected chi connectivity index (χ0v) is 14.8. The molecule has 0 aromatic carbocycles. The highest BCUT2D eigenvalue weighted by molar-refractivity contribution is 7.89. The molecule has 3 heterocycles. The van der Waals surface area contributed by atoms with Gasteiger partial charge in [-0.1, -0.05) is 6.07 Å². The monoisotopic (exact) mass is 352 g/mol. The molecule has 3 rings (SSSR count). The third-order valence-corrected chi connectivity index (χ3v) is 7.11. The summed E-state index contributed by atoms with van der Waals surface area (Å²) in [6.07, 6.45) is 0. The van der Waals surface area contributed by atoms with E-state index in [0.717, 1.165) is 16.4 Å². The molecule has 1 fully saturated rings. The van der Waals surface area contributed by atoms with Crippen LogP contribution >= 0.6 is 11.3 Å². The highest BCUT2D eigenvalue weighted by atomic mass is 32.2. The Morgan fingerprint density at radius 1 is 1.09 bits per heavy atom. The lowest BCUT2D eigenvalue weighted by molar-refractivity contribution is 0.379. The third-order valence-electron chi connectivity index (χ3n) is 3.94. The Hall–Kier alpha value is -1.51. The van der Waals surface area contributed by atoms with E-state index in [-0.39, 0.29) is 5.25 Å². The van der Waals surface area contributed by atoms with E-state index in [1.165, 1.54) is 0 Å². The van der Waals surface area contributed by atoms with E-state index in [4.69, 9.17) is 0 Å². The molecule has 23 heavy (non-hydrogen) atoms. The van der Waals surface area contributed by atoms with Crippen molar-refractivity contribution in [2.45, 2.75) is 19.1 Å². The first kappa shape index (κ1) is 16.4. The number of sulfonamides is 1. The van der Waals surface area contributed by atoms with E-state index in [9.17, 15) is 8.42 Å². The second kappa shape index (κ2) is 6.54. The van der Waals surface area contributed by atoms with Gasteiger partial charge in [-0.2, -0.15) is 4.31 Å². The van der Waals surface area contributed by atoms with Crippen LogP contribution in [0.1, 0.15) is 13.8 Å². The van der Waals surface area contributed by atoms with Gasteiger partial charge in [0.25, 0.3) is 0 Å². The summed E-state index contributed by atoms with van der Waals surface area (Å²) in [4.78, 5) is 3.18. The average molecular weight is 352 g/mol. The maximum atomic E-state index is 12.2. The van der Waals surface area contributed by atoms with Crippen molar-refractivity contribution in [1.29, 1.82) is 0 Å². The molecule has 6 nitrogen and oxygen atoms in total. The van der Waals surface area contributed by atoms with E-state index in [1.807, 2.05) is 29.6 Å². The number of nitrogens with zero attached hydrogens (tertiary/aromatic N) is 4. The minimum atomic E-state index is -3.17. The van der Waals surface area contributed by atoms with Gasteiger partial charge in [-0.15, -0.1) is 21.5 Å². The Morgan fingerprint density at radius 2 is 1.83 bits per heavy atom. The topological polar surface area (TPSA) is 66.4 Å². The van der Waals surface area contributed by atoms with Crippen LogP contribution in [0.25, 0.3) is 10.6 Å². The minimum Gasteiger partial charge on any atom is -0.352 e. The van der Waals surface area contributed by atoms with Crippen LogP contribution in [-0.2, 0) is 10.0 Å². The number of hydrogen-bond acceptors (Lipinski definition) is 6. The van der Waals surface area contributed by atoms with Crippen LogP contribution in [0.3, 0.4) is 0 Å². The molecular formula is C15H20N4O2S2. The molecule has 1 aliphatic heterocycles. The van der Waals surface area contributed by atoms with Crippen LogP contribution in [0.2, 0.25) is 0 Å². The van der Waals surface area contributed by atoms with Crippen molar-refractivity contribution in [3.05, 3.63) is 29.6 Å². The zero-order chi connectivity index (χ0) is 16.4. The fourth-order valence-corrected chi connectivity index (χ4v) is 4.48. The van der Waals surface area contributed by atoms with Crippen molar-refractivity contribution in [3.8, 4) is 10.6 Å². The first-order valence-electron chi connectivity index (χ1n) is 7.60. The van der Waals surface area contributed by atoms with Crippen molar-refractivity contribution in [1.82, 2.24) is 14.5 Å². The number of rotatable bonds is 4. The molecule has 1 saturated heterocycles.